The van der Waals surface area contributed by atoms with Crippen LogP contribution in [0.4, 0.5) is 5.69 Å². The number of nitro groups is 1. The molecule has 0 saturated carbocycles. The lowest BCUT2D eigenvalue weighted by atomic mass is 10.1. The number of ether oxygens (including phenoxy) is 2. The highest BCUT2D eigenvalue weighted by molar-refractivity contribution is 7.90. The molecule has 2 aromatic rings. The van der Waals surface area contributed by atoms with Crippen molar-refractivity contribution in [1.29, 1.82) is 0 Å². The maximum atomic E-state index is 12.8. The number of sulfone groups is 1. The third kappa shape index (κ3) is 2.89. The van der Waals surface area contributed by atoms with E-state index in [4.69, 9.17) is 16.3 Å². The summed E-state index contributed by atoms with van der Waals surface area (Å²) in [6.45, 7) is 1.55. The molecule has 1 heterocycles. The minimum atomic E-state index is -3.89. The van der Waals surface area contributed by atoms with E-state index in [2.05, 4.69) is 4.74 Å². The molecule has 8 nitrogen and oxygen atoms in total. The van der Waals surface area contributed by atoms with E-state index in [0.29, 0.717) is 5.56 Å². The van der Waals surface area contributed by atoms with Crippen molar-refractivity contribution in [2.45, 2.75) is 17.6 Å². The van der Waals surface area contributed by atoms with Gasteiger partial charge in [0.2, 0.25) is 0 Å². The van der Waals surface area contributed by atoms with Gasteiger partial charge in [0, 0.05) is 11.6 Å². The molecule has 0 atom stereocenters. The number of hydrogen-bond donors (Lipinski definition) is 0. The van der Waals surface area contributed by atoms with Crippen molar-refractivity contribution < 1.29 is 27.6 Å². The van der Waals surface area contributed by atoms with Gasteiger partial charge < -0.3 is 9.47 Å². The van der Waals surface area contributed by atoms with Crippen molar-refractivity contribution in [3.63, 3.8) is 0 Å². The minimum Gasteiger partial charge on any atom is -0.465 e. The molecule has 0 saturated heterocycles. The molecular formula is C16H12ClNO7S. The molecule has 0 aliphatic carbocycles. The van der Waals surface area contributed by atoms with Gasteiger partial charge in [-0.3, -0.25) is 10.1 Å². The third-order valence-electron chi connectivity index (χ3n) is 3.90. The summed E-state index contributed by atoms with van der Waals surface area (Å²) in [5.74, 6) is -1.28. The van der Waals surface area contributed by atoms with E-state index < -0.39 is 32.2 Å². The Balaban J connectivity index is 2.29. The first kappa shape index (κ1) is 18.2. The maximum absolute atomic E-state index is 12.8. The van der Waals surface area contributed by atoms with Gasteiger partial charge in [-0.1, -0.05) is 11.6 Å². The highest BCUT2D eigenvalue weighted by Gasteiger charge is 2.33. The molecule has 0 N–H and O–H groups in total. The number of carbonyl (C=O) groups is 1. The van der Waals surface area contributed by atoms with Crippen molar-refractivity contribution in [2.75, 3.05) is 7.11 Å². The number of benzene rings is 2. The zero-order valence-electron chi connectivity index (χ0n) is 13.6. The van der Waals surface area contributed by atoms with E-state index in [1.807, 2.05) is 0 Å². The molecule has 136 valence electrons. The number of halogens is 1. The van der Waals surface area contributed by atoms with E-state index in [-0.39, 0.29) is 32.5 Å². The maximum Gasteiger partial charge on any atom is 0.337 e. The molecule has 2 aromatic carbocycles. The number of nitrogens with zero attached hydrogens (tertiary/aromatic N) is 1. The summed E-state index contributed by atoms with van der Waals surface area (Å²) in [4.78, 5) is 22.0. The first-order valence-electron chi connectivity index (χ1n) is 7.25. The predicted molar refractivity (Wildman–Crippen MR) is 91.6 cm³/mol. The van der Waals surface area contributed by atoms with Gasteiger partial charge in [-0.05, 0) is 30.7 Å². The molecule has 1 aliphatic rings. The molecule has 0 bridgehead atoms. The van der Waals surface area contributed by atoms with Gasteiger partial charge >= 0.3 is 5.97 Å². The van der Waals surface area contributed by atoms with Crippen molar-refractivity contribution in [1.82, 2.24) is 0 Å². The predicted octanol–water partition coefficient (Wildman–Crippen LogP) is 3.42. The molecular weight excluding hydrogens is 386 g/mol. The third-order valence-corrected chi connectivity index (χ3v) is 5.93. The molecule has 0 fully saturated rings. The van der Waals surface area contributed by atoms with Crippen LogP contribution < -0.4 is 4.74 Å². The second-order valence-electron chi connectivity index (χ2n) is 5.62. The molecule has 26 heavy (non-hydrogen) atoms. The number of aryl methyl sites for hydroxylation is 1. The van der Waals surface area contributed by atoms with Crippen LogP contribution in [0.2, 0.25) is 5.02 Å². The monoisotopic (exact) mass is 397 g/mol. The summed E-state index contributed by atoms with van der Waals surface area (Å²) in [6, 6.07) is 5.00. The molecule has 0 amide bonds. The number of carbonyl (C=O) groups excluding carboxylic acids is 1. The summed E-state index contributed by atoms with van der Waals surface area (Å²) in [7, 11) is -2.71. The van der Waals surface area contributed by atoms with E-state index in [0.717, 1.165) is 12.1 Å². The van der Waals surface area contributed by atoms with Gasteiger partial charge in [0.15, 0.2) is 20.6 Å². The minimum absolute atomic E-state index is 0.0289. The fraction of sp³-hybridized carbons (Fsp3) is 0.188. The summed E-state index contributed by atoms with van der Waals surface area (Å²) < 4.78 is 35.9. The fourth-order valence-electron chi connectivity index (χ4n) is 2.67. The molecule has 0 radical (unpaired) electrons. The van der Waals surface area contributed by atoms with Crippen LogP contribution in [0.3, 0.4) is 0 Å². The van der Waals surface area contributed by atoms with Gasteiger partial charge in [0.05, 0.1) is 23.3 Å². The Morgan fingerprint density at radius 3 is 2.62 bits per heavy atom. The van der Waals surface area contributed by atoms with Crippen molar-refractivity contribution >= 4 is 33.1 Å². The summed E-state index contributed by atoms with van der Waals surface area (Å²) >= 11 is 6.07. The highest BCUT2D eigenvalue weighted by Crippen LogP contribution is 2.46. The number of hydrogen-bond acceptors (Lipinski definition) is 7. The lowest BCUT2D eigenvalue weighted by molar-refractivity contribution is -0.384. The Labute approximate surface area is 153 Å². The molecule has 1 aliphatic heterocycles. The smallest absolute Gasteiger partial charge is 0.337 e. The lowest BCUT2D eigenvalue weighted by Gasteiger charge is -2.13. The first-order valence-corrected chi connectivity index (χ1v) is 9.28. The van der Waals surface area contributed by atoms with Crippen LogP contribution in [-0.4, -0.2) is 26.4 Å². The topological polar surface area (TPSA) is 113 Å². The average molecular weight is 398 g/mol. The number of rotatable bonds is 2. The Bertz CT molecular complexity index is 1060. The average Bonchev–Trinajstić information content (AvgIpc) is 2.68. The van der Waals surface area contributed by atoms with Crippen LogP contribution >= 0.6 is 11.6 Å². The van der Waals surface area contributed by atoms with Crippen molar-refractivity contribution in [3.8, 4) is 11.5 Å². The van der Waals surface area contributed by atoms with E-state index >= 15 is 0 Å². The molecule has 10 heteroatoms. The second kappa shape index (κ2) is 6.26. The Morgan fingerprint density at radius 2 is 2.00 bits per heavy atom. The van der Waals surface area contributed by atoms with Crippen LogP contribution in [0.5, 0.6) is 11.5 Å². The molecule has 3 rings (SSSR count). The molecule has 0 spiro atoms. The van der Waals surface area contributed by atoms with Crippen molar-refractivity contribution in [3.05, 3.63) is 56.1 Å². The Kier molecular flexibility index (Phi) is 4.37. The number of methoxy groups -OCH3 is 1. The van der Waals surface area contributed by atoms with E-state index in [1.165, 1.54) is 19.2 Å². The van der Waals surface area contributed by atoms with Gasteiger partial charge in [-0.15, -0.1) is 0 Å². The normalized spacial score (nSPS) is 14.4. The van der Waals surface area contributed by atoms with E-state index in [1.54, 1.807) is 6.92 Å². The zero-order chi connectivity index (χ0) is 19.2. The highest BCUT2D eigenvalue weighted by atomic mass is 35.5. The van der Waals surface area contributed by atoms with E-state index in [9.17, 15) is 23.3 Å². The molecule has 0 unspecified atom stereocenters. The summed E-state index contributed by atoms with van der Waals surface area (Å²) in [5.41, 5.74) is 0.201. The number of nitro benzene ring substituents is 1. The standard InChI is InChI=1S/C16H12ClNO7S/c1-8-5-10(16(19)24-2)6-12-14(8)25-15-9(7-26(12,22)23)3-4-11(13(15)17)18(20)21/h3-6H,7H2,1-2H3. The van der Waals surface area contributed by atoms with Crippen LogP contribution in [0.1, 0.15) is 21.5 Å². The Morgan fingerprint density at radius 1 is 1.31 bits per heavy atom. The quantitative estimate of drug-likeness (QED) is 0.433. The largest absolute Gasteiger partial charge is 0.465 e. The van der Waals surface area contributed by atoms with Crippen LogP contribution in [0, 0.1) is 17.0 Å². The van der Waals surface area contributed by atoms with Gasteiger partial charge in [-0.25, -0.2) is 13.2 Å². The fourth-order valence-corrected chi connectivity index (χ4v) is 4.55. The van der Waals surface area contributed by atoms with Gasteiger partial charge in [0.25, 0.3) is 5.69 Å². The van der Waals surface area contributed by atoms with Crippen LogP contribution in [0.15, 0.2) is 29.2 Å². The zero-order valence-corrected chi connectivity index (χ0v) is 15.2. The van der Waals surface area contributed by atoms with Crippen molar-refractivity contribution in [2.24, 2.45) is 0 Å². The van der Waals surface area contributed by atoms with Gasteiger partial charge in [-0.2, -0.15) is 0 Å². The first-order chi connectivity index (χ1) is 12.2. The molecule has 0 aromatic heterocycles. The number of esters is 1. The lowest BCUT2D eigenvalue weighted by Crippen LogP contribution is -2.08. The SMILES string of the molecule is COC(=O)c1cc(C)c2c(c1)S(=O)(=O)Cc1ccc([N+](=O)[O-])c(Cl)c1O2. The van der Waals surface area contributed by atoms with Gasteiger partial charge in [0.1, 0.15) is 10.6 Å². The Hall–Kier alpha value is -2.65. The number of fused-ring (bicyclic) bond motifs is 2. The van der Waals surface area contributed by atoms with Crippen LogP contribution in [0.25, 0.3) is 0 Å². The van der Waals surface area contributed by atoms with Crippen LogP contribution in [-0.2, 0) is 20.3 Å². The second-order valence-corrected chi connectivity index (χ2v) is 7.95. The summed E-state index contributed by atoms with van der Waals surface area (Å²) in [6.07, 6.45) is 0. The summed E-state index contributed by atoms with van der Waals surface area (Å²) in [5, 5.41) is 10.8.